The first-order valence-electron chi connectivity index (χ1n) is 9.95. The average Bonchev–Trinajstić information content (AvgIpc) is 2.80. The predicted molar refractivity (Wildman–Crippen MR) is 128 cm³/mol. The van der Waals surface area contributed by atoms with Crippen LogP contribution in [0.25, 0.3) is 0 Å². The zero-order chi connectivity index (χ0) is 26.9. The molecule has 3 N–H and O–H groups in total. The van der Waals surface area contributed by atoms with Crippen molar-refractivity contribution in [2.45, 2.75) is 28.5 Å². The van der Waals surface area contributed by atoms with Gasteiger partial charge in [0.1, 0.15) is 0 Å². The van der Waals surface area contributed by atoms with E-state index in [1.165, 1.54) is 36.4 Å². The molecule has 0 aromatic heterocycles. The van der Waals surface area contributed by atoms with Crippen LogP contribution >= 0.6 is 23.2 Å². The lowest BCUT2D eigenvalue weighted by Gasteiger charge is -2.25. The van der Waals surface area contributed by atoms with Gasteiger partial charge in [-0.15, -0.1) is 0 Å². The van der Waals surface area contributed by atoms with E-state index in [2.05, 4.69) is 5.32 Å². The fourth-order valence-corrected chi connectivity index (χ4v) is 4.50. The van der Waals surface area contributed by atoms with Crippen LogP contribution in [-0.2, 0) is 14.6 Å². The Morgan fingerprint density at radius 2 is 1.42 bits per heavy atom. The molecule has 7 nitrogen and oxygen atoms in total. The third-order valence-electron chi connectivity index (χ3n) is 5.02. The van der Waals surface area contributed by atoms with Gasteiger partial charge in [-0.05, 0) is 73.7 Å². The second-order valence-electron chi connectivity index (χ2n) is 7.65. The lowest BCUT2D eigenvalue weighted by Crippen LogP contribution is -2.52. The van der Waals surface area contributed by atoms with Crippen LogP contribution in [0.15, 0.2) is 76.5 Å². The normalized spacial score (nSPS) is 13.5. The summed E-state index contributed by atoms with van der Waals surface area (Å²) in [6.07, 6.45) is -5.24. The quantitative estimate of drug-likeness (QED) is 0.377. The number of hydrogen-bond acceptors (Lipinski definition) is 5. The average molecular weight is 561 g/mol. The Balaban J connectivity index is 1.77. The number of nitrogens with one attached hydrogen (secondary N) is 2. The van der Waals surface area contributed by atoms with Gasteiger partial charge in [0.05, 0.1) is 20.5 Å². The minimum absolute atomic E-state index is 0.153. The van der Waals surface area contributed by atoms with Crippen molar-refractivity contribution in [2.75, 3.05) is 10.6 Å². The van der Waals surface area contributed by atoms with Gasteiger partial charge >= 0.3 is 6.18 Å². The maximum Gasteiger partial charge on any atom is 0.426 e. The maximum absolute atomic E-state index is 13.0. The molecule has 3 aromatic carbocycles. The Kier molecular flexibility index (Phi) is 7.70. The van der Waals surface area contributed by atoms with Crippen molar-refractivity contribution in [1.82, 2.24) is 0 Å². The van der Waals surface area contributed by atoms with E-state index in [0.717, 1.165) is 18.2 Å². The van der Waals surface area contributed by atoms with Crippen molar-refractivity contribution in [3.63, 3.8) is 0 Å². The van der Waals surface area contributed by atoms with E-state index in [1.807, 2.05) is 5.32 Å². The summed E-state index contributed by atoms with van der Waals surface area (Å²) in [6.45, 7) is 0.274. The van der Waals surface area contributed by atoms with Crippen LogP contribution in [0.1, 0.15) is 17.3 Å². The van der Waals surface area contributed by atoms with Gasteiger partial charge in [-0.3, -0.25) is 9.59 Å². The Morgan fingerprint density at radius 3 is 1.94 bits per heavy atom. The molecule has 0 saturated carbocycles. The molecule has 0 bridgehead atoms. The molecule has 1 unspecified atom stereocenters. The summed E-state index contributed by atoms with van der Waals surface area (Å²) in [7, 11) is -4.11. The molecule has 2 amide bonds. The highest BCUT2D eigenvalue weighted by Gasteiger charge is 2.55. The predicted octanol–water partition coefficient (Wildman–Crippen LogP) is 5.33. The number of carbonyl (C=O) groups excluding carboxylic acids is 2. The lowest BCUT2D eigenvalue weighted by molar-refractivity contribution is -0.242. The summed E-state index contributed by atoms with van der Waals surface area (Å²) >= 11 is 11.8. The van der Waals surface area contributed by atoms with Crippen LogP contribution in [0.4, 0.5) is 24.5 Å². The monoisotopic (exact) mass is 560 g/mol. The minimum Gasteiger partial charge on any atom is -0.373 e. The van der Waals surface area contributed by atoms with Crippen LogP contribution in [0.3, 0.4) is 0 Å². The van der Waals surface area contributed by atoms with Gasteiger partial charge in [-0.25, -0.2) is 8.42 Å². The molecule has 1 atom stereocenters. The molecule has 0 aliphatic rings. The number of benzene rings is 3. The Bertz CT molecular complexity index is 1410. The van der Waals surface area contributed by atoms with E-state index in [-0.39, 0.29) is 27.4 Å². The molecule has 0 aliphatic heterocycles. The summed E-state index contributed by atoms with van der Waals surface area (Å²) in [5.74, 6) is -2.22. The van der Waals surface area contributed by atoms with E-state index in [9.17, 15) is 36.3 Å². The topological polar surface area (TPSA) is 113 Å². The molecule has 0 aliphatic carbocycles. The third kappa shape index (κ3) is 5.81. The van der Waals surface area contributed by atoms with Crippen molar-refractivity contribution < 1.29 is 36.3 Å². The molecule has 0 heterocycles. The number of alkyl halides is 3. The first-order valence-corrected chi connectivity index (χ1v) is 12.2. The Morgan fingerprint density at radius 1 is 0.861 bits per heavy atom. The zero-order valence-corrected chi connectivity index (χ0v) is 20.6. The van der Waals surface area contributed by atoms with Crippen LogP contribution in [0.5, 0.6) is 0 Å². The summed E-state index contributed by atoms with van der Waals surface area (Å²) in [5, 5.41) is 14.0. The third-order valence-corrected chi connectivity index (χ3v) is 7.35. The lowest BCUT2D eigenvalue weighted by atomic mass is 10.1. The first-order chi connectivity index (χ1) is 16.6. The van der Waals surface area contributed by atoms with Gasteiger partial charge < -0.3 is 15.7 Å². The van der Waals surface area contributed by atoms with Crippen LogP contribution in [-0.4, -0.2) is 37.1 Å². The molecule has 0 saturated heterocycles. The van der Waals surface area contributed by atoms with Crippen molar-refractivity contribution in [2.24, 2.45) is 0 Å². The number of hydrogen-bond donors (Lipinski definition) is 3. The molecule has 0 fully saturated rings. The van der Waals surface area contributed by atoms with Gasteiger partial charge in [0.2, 0.25) is 15.4 Å². The van der Waals surface area contributed by atoms with Crippen molar-refractivity contribution in [3.05, 3.63) is 82.3 Å². The van der Waals surface area contributed by atoms with E-state index in [4.69, 9.17) is 23.2 Å². The second kappa shape index (κ2) is 10.1. The maximum atomic E-state index is 13.0. The molecule has 13 heteroatoms. The largest absolute Gasteiger partial charge is 0.426 e. The summed E-state index contributed by atoms with van der Waals surface area (Å²) < 4.78 is 64.5. The van der Waals surface area contributed by atoms with Crippen molar-refractivity contribution in [3.8, 4) is 0 Å². The van der Waals surface area contributed by atoms with Crippen molar-refractivity contribution >= 4 is 56.2 Å². The molecule has 3 aromatic rings. The molecule has 0 radical (unpaired) electrons. The van der Waals surface area contributed by atoms with Gasteiger partial charge in [-0.1, -0.05) is 23.2 Å². The molecule has 3 rings (SSSR count). The van der Waals surface area contributed by atoms with Gasteiger partial charge in [0.15, 0.2) is 0 Å². The Hall–Kier alpha value is -3.12. The number of halogens is 5. The second-order valence-corrected chi connectivity index (χ2v) is 10.4. The fraction of sp³-hybridized carbons (Fsp3) is 0.130. The number of aliphatic hydroxyl groups is 1. The SMILES string of the molecule is CC(O)(C(=O)Nc1ccc(S(=O)(=O)c2ccc(NC(=O)c3ccc(Cl)cc3)cc2)cc1Cl)C(F)(F)F. The van der Waals surface area contributed by atoms with Crippen LogP contribution < -0.4 is 10.6 Å². The van der Waals surface area contributed by atoms with Crippen molar-refractivity contribution in [1.29, 1.82) is 0 Å². The summed E-state index contributed by atoms with van der Waals surface area (Å²) in [4.78, 5) is 23.7. The van der Waals surface area contributed by atoms with E-state index >= 15 is 0 Å². The molecular formula is C23H17Cl2F3N2O5S. The fourth-order valence-electron chi connectivity index (χ4n) is 2.80. The van der Waals surface area contributed by atoms with E-state index < -0.39 is 33.4 Å². The van der Waals surface area contributed by atoms with Gasteiger partial charge in [0.25, 0.3) is 11.8 Å². The number of carbonyl (C=O) groups is 2. The van der Waals surface area contributed by atoms with Crippen LogP contribution in [0, 0.1) is 0 Å². The molecular weight excluding hydrogens is 544 g/mol. The first kappa shape index (κ1) is 27.5. The van der Waals surface area contributed by atoms with Crippen LogP contribution in [0.2, 0.25) is 10.0 Å². The van der Waals surface area contributed by atoms with Gasteiger partial charge in [0, 0.05) is 16.3 Å². The number of anilines is 2. The number of rotatable bonds is 6. The highest BCUT2D eigenvalue weighted by Crippen LogP contribution is 2.33. The molecule has 0 spiro atoms. The van der Waals surface area contributed by atoms with E-state index in [1.54, 1.807) is 12.1 Å². The standard InChI is InChI=1S/C23H17Cl2F3N2O5S/c1-22(33,23(26,27)28)21(32)30-19-11-10-17(12-18(19)25)36(34,35)16-8-6-15(7-9-16)29-20(31)13-2-4-14(24)5-3-13/h2-12,33H,1H3,(H,29,31)(H,30,32). The molecule has 36 heavy (non-hydrogen) atoms. The summed E-state index contributed by atoms with van der Waals surface area (Å²) in [6, 6.07) is 14.4. The number of amides is 2. The van der Waals surface area contributed by atoms with Gasteiger partial charge in [-0.2, -0.15) is 13.2 Å². The number of sulfone groups is 1. The highest BCUT2D eigenvalue weighted by atomic mass is 35.5. The Labute approximate surface area is 213 Å². The highest BCUT2D eigenvalue weighted by molar-refractivity contribution is 7.91. The minimum atomic E-state index is -5.24. The zero-order valence-electron chi connectivity index (χ0n) is 18.2. The summed E-state index contributed by atoms with van der Waals surface area (Å²) in [5.41, 5.74) is -3.35. The van der Waals surface area contributed by atoms with E-state index in [0.29, 0.717) is 16.3 Å². The smallest absolute Gasteiger partial charge is 0.373 e. The molecule has 190 valence electrons.